The first-order chi connectivity index (χ1) is 8.09. The molecule has 1 saturated heterocycles. The molecule has 6 nitrogen and oxygen atoms in total. The number of hydrogen-bond acceptors (Lipinski definition) is 4. The third kappa shape index (κ3) is 2.20. The minimum atomic E-state index is -0.239. The van der Waals surface area contributed by atoms with Crippen molar-refractivity contribution in [3.05, 3.63) is 24.0 Å². The van der Waals surface area contributed by atoms with Gasteiger partial charge in [0.25, 0.3) is 5.91 Å². The number of nitrogen functional groups attached to an aromatic ring is 1. The van der Waals surface area contributed by atoms with Gasteiger partial charge in [-0.3, -0.25) is 14.6 Å². The zero-order valence-corrected chi connectivity index (χ0v) is 9.59. The molecule has 1 aliphatic heterocycles. The van der Waals surface area contributed by atoms with Gasteiger partial charge < -0.3 is 15.5 Å². The van der Waals surface area contributed by atoms with Crippen molar-refractivity contribution in [3.63, 3.8) is 0 Å². The summed E-state index contributed by atoms with van der Waals surface area (Å²) in [5, 5.41) is 0. The lowest BCUT2D eigenvalue weighted by Gasteiger charge is -2.32. The molecule has 6 heteroatoms. The minimum absolute atomic E-state index is 0.0629. The quantitative estimate of drug-likeness (QED) is 0.715. The van der Waals surface area contributed by atoms with Gasteiger partial charge in [0.2, 0.25) is 5.91 Å². The monoisotopic (exact) mass is 234 g/mol. The molecule has 1 aliphatic rings. The van der Waals surface area contributed by atoms with E-state index in [9.17, 15) is 9.59 Å². The van der Waals surface area contributed by atoms with Crippen LogP contribution in [0, 0.1) is 0 Å². The number of anilines is 1. The smallest absolute Gasteiger partial charge is 0.258 e. The van der Waals surface area contributed by atoms with Crippen LogP contribution in [0.15, 0.2) is 18.5 Å². The molecule has 0 spiro atoms. The van der Waals surface area contributed by atoms with E-state index in [4.69, 9.17) is 5.73 Å². The predicted octanol–water partition coefficient (Wildman–Crippen LogP) is -0.422. The third-order valence-electron chi connectivity index (χ3n) is 2.83. The molecular formula is C11H14N4O2. The first-order valence-corrected chi connectivity index (χ1v) is 5.32. The van der Waals surface area contributed by atoms with Crippen molar-refractivity contribution >= 4 is 17.5 Å². The van der Waals surface area contributed by atoms with Gasteiger partial charge in [-0.2, -0.15) is 0 Å². The third-order valence-corrected chi connectivity index (χ3v) is 2.83. The molecule has 0 bridgehead atoms. The number of hydrogen-bond donors (Lipinski definition) is 1. The van der Waals surface area contributed by atoms with Crippen LogP contribution in [-0.4, -0.2) is 53.3 Å². The molecule has 90 valence electrons. The standard InChI is InChI=1S/C11H14N4O2/c1-14-4-5-15(7-10(14)16)11(17)8-6-13-3-2-9(8)12/h2-3,6H,4-5,7H2,1H3,(H2,12,13). The Morgan fingerprint density at radius 3 is 2.88 bits per heavy atom. The van der Waals surface area contributed by atoms with Crippen LogP contribution in [0.25, 0.3) is 0 Å². The molecule has 0 saturated carbocycles. The number of amides is 2. The highest BCUT2D eigenvalue weighted by Crippen LogP contribution is 2.13. The average molecular weight is 234 g/mol. The van der Waals surface area contributed by atoms with E-state index in [2.05, 4.69) is 4.98 Å². The summed E-state index contributed by atoms with van der Waals surface area (Å²) in [6, 6.07) is 1.57. The van der Waals surface area contributed by atoms with Gasteiger partial charge in [-0.25, -0.2) is 0 Å². The van der Waals surface area contributed by atoms with Gasteiger partial charge in [0.15, 0.2) is 0 Å². The number of likely N-dealkylation sites (N-methyl/N-ethyl adjacent to an activating group) is 1. The number of carbonyl (C=O) groups is 2. The highest BCUT2D eigenvalue weighted by molar-refractivity contribution is 6.00. The maximum Gasteiger partial charge on any atom is 0.258 e. The molecule has 1 aromatic rings. The fourth-order valence-electron chi connectivity index (χ4n) is 1.69. The Morgan fingerprint density at radius 1 is 1.47 bits per heavy atom. The Morgan fingerprint density at radius 2 is 2.24 bits per heavy atom. The van der Waals surface area contributed by atoms with Crippen molar-refractivity contribution in [2.24, 2.45) is 0 Å². The van der Waals surface area contributed by atoms with Crippen LogP contribution in [0.5, 0.6) is 0 Å². The predicted molar refractivity (Wildman–Crippen MR) is 62.2 cm³/mol. The summed E-state index contributed by atoms with van der Waals surface area (Å²) in [7, 11) is 1.72. The first-order valence-electron chi connectivity index (χ1n) is 5.32. The highest BCUT2D eigenvalue weighted by atomic mass is 16.2. The molecule has 0 radical (unpaired) electrons. The minimum Gasteiger partial charge on any atom is -0.398 e. The molecule has 0 atom stereocenters. The number of piperazine rings is 1. The number of aromatic nitrogens is 1. The topological polar surface area (TPSA) is 79.5 Å². The van der Waals surface area contributed by atoms with Crippen LogP contribution in [0.3, 0.4) is 0 Å². The number of rotatable bonds is 1. The Hall–Kier alpha value is -2.11. The Balaban J connectivity index is 2.16. The van der Waals surface area contributed by atoms with Gasteiger partial charge in [0, 0.05) is 38.2 Å². The fraction of sp³-hybridized carbons (Fsp3) is 0.364. The Bertz CT molecular complexity index is 461. The molecule has 1 aromatic heterocycles. The number of pyridine rings is 1. The van der Waals surface area contributed by atoms with Crippen LogP contribution in [0.1, 0.15) is 10.4 Å². The van der Waals surface area contributed by atoms with Gasteiger partial charge in [-0.15, -0.1) is 0 Å². The lowest BCUT2D eigenvalue weighted by molar-refractivity contribution is -0.133. The zero-order chi connectivity index (χ0) is 12.4. The van der Waals surface area contributed by atoms with Crippen molar-refractivity contribution in [2.75, 3.05) is 32.4 Å². The molecular weight excluding hydrogens is 220 g/mol. The van der Waals surface area contributed by atoms with Crippen molar-refractivity contribution in [2.45, 2.75) is 0 Å². The number of nitrogens with zero attached hydrogens (tertiary/aromatic N) is 3. The van der Waals surface area contributed by atoms with Crippen molar-refractivity contribution in [3.8, 4) is 0 Å². The van der Waals surface area contributed by atoms with Crippen LogP contribution >= 0.6 is 0 Å². The van der Waals surface area contributed by atoms with E-state index in [1.54, 1.807) is 18.0 Å². The van der Waals surface area contributed by atoms with E-state index >= 15 is 0 Å². The number of nitrogens with two attached hydrogens (primary N) is 1. The molecule has 2 rings (SSSR count). The lowest BCUT2D eigenvalue weighted by atomic mass is 10.2. The van der Waals surface area contributed by atoms with Crippen LogP contribution in [0.2, 0.25) is 0 Å². The second-order valence-corrected chi connectivity index (χ2v) is 4.00. The SMILES string of the molecule is CN1CCN(C(=O)c2cnccc2N)CC1=O. The molecule has 2 amide bonds. The van der Waals surface area contributed by atoms with Crippen molar-refractivity contribution in [1.29, 1.82) is 0 Å². The summed E-state index contributed by atoms with van der Waals surface area (Å²) in [4.78, 5) is 30.6. The summed E-state index contributed by atoms with van der Waals surface area (Å²) >= 11 is 0. The van der Waals surface area contributed by atoms with Gasteiger partial charge in [0.05, 0.1) is 5.56 Å². The first kappa shape index (κ1) is 11.4. The second-order valence-electron chi connectivity index (χ2n) is 4.00. The van der Waals surface area contributed by atoms with E-state index in [1.807, 2.05) is 0 Å². The van der Waals surface area contributed by atoms with Crippen LogP contribution in [0.4, 0.5) is 5.69 Å². The average Bonchev–Trinajstić information content (AvgIpc) is 2.32. The molecule has 2 heterocycles. The van der Waals surface area contributed by atoms with E-state index in [0.29, 0.717) is 24.3 Å². The summed E-state index contributed by atoms with van der Waals surface area (Å²) in [6.07, 6.45) is 2.96. The van der Waals surface area contributed by atoms with Gasteiger partial charge in [0.1, 0.15) is 6.54 Å². The van der Waals surface area contributed by atoms with E-state index in [0.717, 1.165) is 0 Å². The van der Waals surface area contributed by atoms with E-state index in [1.165, 1.54) is 17.3 Å². The fourth-order valence-corrected chi connectivity index (χ4v) is 1.69. The zero-order valence-electron chi connectivity index (χ0n) is 9.59. The maximum absolute atomic E-state index is 12.1. The molecule has 0 unspecified atom stereocenters. The summed E-state index contributed by atoms with van der Waals surface area (Å²) in [5.41, 5.74) is 6.44. The van der Waals surface area contributed by atoms with Crippen molar-refractivity contribution < 1.29 is 9.59 Å². The molecule has 0 aromatic carbocycles. The number of carbonyl (C=O) groups excluding carboxylic acids is 2. The van der Waals surface area contributed by atoms with Gasteiger partial charge >= 0.3 is 0 Å². The summed E-state index contributed by atoms with van der Waals surface area (Å²) < 4.78 is 0. The Kier molecular flexibility index (Phi) is 2.95. The van der Waals surface area contributed by atoms with Gasteiger partial charge in [-0.05, 0) is 6.07 Å². The van der Waals surface area contributed by atoms with E-state index < -0.39 is 0 Å². The Labute approximate surface area is 99.0 Å². The van der Waals surface area contributed by atoms with Crippen molar-refractivity contribution in [1.82, 2.24) is 14.8 Å². The normalized spacial score (nSPS) is 16.2. The maximum atomic E-state index is 12.1. The highest BCUT2D eigenvalue weighted by Gasteiger charge is 2.26. The lowest BCUT2D eigenvalue weighted by Crippen LogP contribution is -2.50. The van der Waals surface area contributed by atoms with Crippen LogP contribution < -0.4 is 5.73 Å². The van der Waals surface area contributed by atoms with Gasteiger partial charge in [-0.1, -0.05) is 0 Å². The largest absolute Gasteiger partial charge is 0.398 e. The molecule has 17 heavy (non-hydrogen) atoms. The molecule has 2 N–H and O–H groups in total. The summed E-state index contributed by atoms with van der Waals surface area (Å²) in [5.74, 6) is -0.302. The second kappa shape index (κ2) is 4.40. The molecule has 0 aliphatic carbocycles. The molecule has 1 fully saturated rings. The van der Waals surface area contributed by atoms with Crippen LogP contribution in [-0.2, 0) is 4.79 Å². The van der Waals surface area contributed by atoms with E-state index in [-0.39, 0.29) is 18.4 Å². The summed E-state index contributed by atoms with van der Waals surface area (Å²) in [6.45, 7) is 1.17.